The lowest BCUT2D eigenvalue weighted by Crippen LogP contribution is -2.52. The van der Waals surface area contributed by atoms with Gasteiger partial charge in [0, 0.05) is 22.1 Å². The first-order valence-corrected chi connectivity index (χ1v) is 15.2. The van der Waals surface area contributed by atoms with Crippen LogP contribution in [0.5, 0.6) is 0 Å². The molecule has 0 unspecified atom stereocenters. The van der Waals surface area contributed by atoms with Crippen LogP contribution in [0.15, 0.2) is 82.2 Å². The van der Waals surface area contributed by atoms with Crippen LogP contribution in [0.1, 0.15) is 38.3 Å². The van der Waals surface area contributed by atoms with Crippen molar-refractivity contribution >= 4 is 55.1 Å². The Morgan fingerprint density at radius 1 is 0.974 bits per heavy atom. The normalized spacial score (nSPS) is 12.9. The third-order valence-electron chi connectivity index (χ3n) is 6.55. The van der Waals surface area contributed by atoms with E-state index in [2.05, 4.69) is 21.2 Å². The number of anilines is 1. The molecule has 0 aliphatic carbocycles. The van der Waals surface area contributed by atoms with E-state index in [4.69, 9.17) is 11.6 Å². The lowest BCUT2D eigenvalue weighted by Gasteiger charge is -2.33. The molecule has 0 saturated carbocycles. The highest BCUT2D eigenvalue weighted by Crippen LogP contribution is 2.31. The van der Waals surface area contributed by atoms with E-state index in [1.807, 2.05) is 38.1 Å². The smallest absolute Gasteiger partial charge is 0.264 e. The Balaban J connectivity index is 2.05. The molecular weight excluding hydrogens is 602 g/mol. The molecule has 0 spiro atoms. The Bertz CT molecular complexity index is 1400. The molecule has 3 rings (SSSR count). The zero-order valence-electron chi connectivity index (χ0n) is 22.4. The van der Waals surface area contributed by atoms with Gasteiger partial charge in [0.2, 0.25) is 11.8 Å². The zero-order valence-corrected chi connectivity index (χ0v) is 25.6. The molecule has 208 valence electrons. The molecule has 3 aromatic rings. The Morgan fingerprint density at radius 3 is 2.23 bits per heavy atom. The van der Waals surface area contributed by atoms with Crippen LogP contribution in [0.25, 0.3) is 0 Å². The first-order valence-electron chi connectivity index (χ1n) is 12.6. The van der Waals surface area contributed by atoms with Crippen LogP contribution in [0, 0.1) is 6.92 Å². The van der Waals surface area contributed by atoms with E-state index in [-0.39, 0.29) is 23.4 Å². The second-order valence-electron chi connectivity index (χ2n) is 9.35. The van der Waals surface area contributed by atoms with Crippen LogP contribution in [0.2, 0.25) is 5.02 Å². The molecule has 39 heavy (non-hydrogen) atoms. The van der Waals surface area contributed by atoms with Crippen LogP contribution in [0.3, 0.4) is 0 Å². The number of nitrogens with zero attached hydrogens (tertiary/aromatic N) is 2. The summed E-state index contributed by atoms with van der Waals surface area (Å²) in [7, 11) is -4.15. The van der Waals surface area contributed by atoms with Crippen LogP contribution >= 0.6 is 27.5 Å². The number of carbonyl (C=O) groups excluding carboxylic acids is 2. The lowest BCUT2D eigenvalue weighted by atomic mass is 10.1. The molecule has 7 nitrogen and oxygen atoms in total. The fraction of sp³-hybridized carbons (Fsp3) is 0.310. The van der Waals surface area contributed by atoms with E-state index in [9.17, 15) is 18.0 Å². The molecule has 0 aliphatic heterocycles. The highest BCUT2D eigenvalue weighted by atomic mass is 79.9. The molecule has 0 radical (unpaired) electrons. The molecule has 3 aromatic carbocycles. The summed E-state index contributed by atoms with van der Waals surface area (Å²) in [6.45, 7) is 6.80. The number of benzene rings is 3. The maximum atomic E-state index is 14.0. The predicted octanol–water partition coefficient (Wildman–Crippen LogP) is 5.94. The molecule has 1 N–H and O–H groups in total. The van der Waals surface area contributed by atoms with Gasteiger partial charge in [-0.2, -0.15) is 0 Å². The molecule has 10 heteroatoms. The van der Waals surface area contributed by atoms with Crippen molar-refractivity contribution in [3.63, 3.8) is 0 Å². The summed E-state index contributed by atoms with van der Waals surface area (Å²) in [5.74, 6) is -0.838. The van der Waals surface area contributed by atoms with Crippen molar-refractivity contribution in [2.45, 2.75) is 57.6 Å². The summed E-state index contributed by atoms with van der Waals surface area (Å²) < 4.78 is 29.7. The second-order valence-corrected chi connectivity index (χ2v) is 12.5. The minimum atomic E-state index is -4.15. The maximum absolute atomic E-state index is 14.0. The zero-order chi connectivity index (χ0) is 28.7. The van der Waals surface area contributed by atoms with Crippen molar-refractivity contribution in [1.29, 1.82) is 0 Å². The van der Waals surface area contributed by atoms with Gasteiger partial charge >= 0.3 is 0 Å². The standard InChI is InChI=1S/C29H33BrClN3O4S/c1-5-20(2)32-29(36)22(4)33(18-23-14-16-24(30)17-15-23)28(35)19-34(27-13-9-12-26(31)21(27)3)39(37,38)25-10-7-6-8-11-25/h6-17,20,22H,5,18-19H2,1-4H3,(H,32,36)/t20-,22+/m0/s1. The largest absolute Gasteiger partial charge is 0.352 e. The number of hydrogen-bond acceptors (Lipinski definition) is 4. The molecule has 0 heterocycles. The number of nitrogens with one attached hydrogen (secondary N) is 1. The summed E-state index contributed by atoms with van der Waals surface area (Å²) in [4.78, 5) is 28.5. The minimum absolute atomic E-state index is 0.0409. The second kappa shape index (κ2) is 13.5. The number of hydrogen-bond donors (Lipinski definition) is 1. The molecule has 0 saturated heterocycles. The van der Waals surface area contributed by atoms with Crippen molar-refractivity contribution in [2.75, 3.05) is 10.8 Å². The molecule has 2 atom stereocenters. The van der Waals surface area contributed by atoms with E-state index in [1.165, 1.54) is 17.0 Å². The molecule has 0 bridgehead atoms. The lowest BCUT2D eigenvalue weighted by molar-refractivity contribution is -0.139. The van der Waals surface area contributed by atoms with Gasteiger partial charge in [0.25, 0.3) is 10.0 Å². The van der Waals surface area contributed by atoms with Crippen LogP contribution in [0.4, 0.5) is 5.69 Å². The van der Waals surface area contributed by atoms with Crippen molar-refractivity contribution in [3.8, 4) is 0 Å². The highest BCUT2D eigenvalue weighted by molar-refractivity contribution is 9.10. The molecular formula is C29H33BrClN3O4S. The fourth-order valence-electron chi connectivity index (χ4n) is 3.93. The van der Waals surface area contributed by atoms with Crippen molar-refractivity contribution in [2.24, 2.45) is 0 Å². The first kappa shape index (κ1) is 30.7. The molecule has 0 aromatic heterocycles. The van der Waals surface area contributed by atoms with Gasteiger partial charge in [-0.1, -0.05) is 70.9 Å². The SMILES string of the molecule is CC[C@H](C)NC(=O)[C@@H](C)N(Cc1ccc(Br)cc1)C(=O)CN(c1cccc(Cl)c1C)S(=O)(=O)c1ccccc1. The third kappa shape index (κ3) is 7.62. The third-order valence-corrected chi connectivity index (χ3v) is 9.26. The van der Waals surface area contributed by atoms with Gasteiger partial charge in [0.1, 0.15) is 12.6 Å². The highest BCUT2D eigenvalue weighted by Gasteiger charge is 2.33. The van der Waals surface area contributed by atoms with Gasteiger partial charge in [-0.15, -0.1) is 0 Å². The van der Waals surface area contributed by atoms with Gasteiger partial charge in [0.15, 0.2) is 0 Å². The summed E-state index contributed by atoms with van der Waals surface area (Å²) in [6, 6.07) is 19.3. The van der Waals surface area contributed by atoms with Crippen LogP contribution in [-0.2, 0) is 26.2 Å². The quantitative estimate of drug-likeness (QED) is 0.283. The Labute approximate surface area is 244 Å². The summed E-state index contributed by atoms with van der Waals surface area (Å²) in [5.41, 5.74) is 1.61. The molecule has 0 aliphatic rings. The van der Waals surface area contributed by atoms with E-state index in [0.717, 1.165) is 20.8 Å². The first-order chi connectivity index (χ1) is 18.4. The Hall–Kier alpha value is -2.88. The van der Waals surface area contributed by atoms with Gasteiger partial charge in [0.05, 0.1) is 10.6 Å². The van der Waals surface area contributed by atoms with Crippen LogP contribution in [-0.4, -0.2) is 43.8 Å². The van der Waals surface area contributed by atoms with E-state index in [1.54, 1.807) is 50.2 Å². The number of halogens is 2. The predicted molar refractivity (Wildman–Crippen MR) is 159 cm³/mol. The average molecular weight is 635 g/mol. The number of carbonyl (C=O) groups is 2. The van der Waals surface area contributed by atoms with E-state index in [0.29, 0.717) is 16.3 Å². The maximum Gasteiger partial charge on any atom is 0.264 e. The number of sulfonamides is 1. The summed E-state index contributed by atoms with van der Waals surface area (Å²) >= 11 is 9.77. The van der Waals surface area contributed by atoms with Crippen LogP contribution < -0.4 is 9.62 Å². The van der Waals surface area contributed by atoms with E-state index < -0.39 is 28.5 Å². The van der Waals surface area contributed by atoms with Gasteiger partial charge in [-0.05, 0) is 74.7 Å². The minimum Gasteiger partial charge on any atom is -0.352 e. The van der Waals surface area contributed by atoms with Gasteiger partial charge in [-0.25, -0.2) is 8.42 Å². The van der Waals surface area contributed by atoms with Crippen molar-refractivity contribution < 1.29 is 18.0 Å². The van der Waals surface area contributed by atoms with Crippen molar-refractivity contribution in [1.82, 2.24) is 10.2 Å². The summed E-state index contributed by atoms with van der Waals surface area (Å²) in [6.07, 6.45) is 0.732. The number of rotatable bonds is 11. The van der Waals surface area contributed by atoms with Crippen molar-refractivity contribution in [3.05, 3.63) is 93.4 Å². The van der Waals surface area contributed by atoms with Gasteiger partial charge in [-0.3, -0.25) is 13.9 Å². The topological polar surface area (TPSA) is 86.8 Å². The molecule has 2 amide bonds. The average Bonchev–Trinajstić information content (AvgIpc) is 2.92. The Morgan fingerprint density at radius 2 is 1.62 bits per heavy atom. The van der Waals surface area contributed by atoms with E-state index >= 15 is 0 Å². The van der Waals surface area contributed by atoms with Gasteiger partial charge < -0.3 is 10.2 Å². The fourth-order valence-corrected chi connectivity index (χ4v) is 5.86. The molecule has 0 fully saturated rings. The monoisotopic (exact) mass is 633 g/mol. The Kier molecular flexibility index (Phi) is 10.6. The summed E-state index contributed by atoms with van der Waals surface area (Å²) in [5, 5.41) is 3.30. The number of amides is 2.